The number of rotatable bonds is 1. The first-order valence-corrected chi connectivity index (χ1v) is 5.54. The quantitative estimate of drug-likeness (QED) is 0.649. The predicted octanol–water partition coefficient (Wildman–Crippen LogP) is 1.85. The summed E-state index contributed by atoms with van der Waals surface area (Å²) in [7, 11) is 3.88. The summed E-state index contributed by atoms with van der Waals surface area (Å²) in [4.78, 5) is 8.68. The Morgan fingerprint density at radius 1 is 1.28 bits per heavy atom. The number of aromatic nitrogens is 4. The van der Waals surface area contributed by atoms with E-state index in [1.54, 1.807) is 18.6 Å². The molecule has 0 aliphatic carbocycles. The predicted molar refractivity (Wildman–Crippen MR) is 67.6 cm³/mol. The van der Waals surface area contributed by atoms with E-state index in [4.69, 9.17) is 5.26 Å². The lowest BCUT2D eigenvalue weighted by Gasteiger charge is -2.02. The minimum atomic E-state index is 0.641. The Hall–Kier alpha value is -2.61. The third-order valence-electron chi connectivity index (χ3n) is 3.06. The van der Waals surface area contributed by atoms with E-state index >= 15 is 0 Å². The van der Waals surface area contributed by atoms with Gasteiger partial charge in [0.15, 0.2) is 5.82 Å². The number of benzene rings is 1. The van der Waals surface area contributed by atoms with Gasteiger partial charge in [0.1, 0.15) is 5.69 Å². The molecule has 0 N–H and O–H groups in total. The van der Waals surface area contributed by atoms with Gasteiger partial charge >= 0.3 is 0 Å². The molecule has 1 aromatic carbocycles. The molecular formula is C13H11N5. The first-order chi connectivity index (χ1) is 8.70. The van der Waals surface area contributed by atoms with Crippen molar-refractivity contribution in [3.63, 3.8) is 0 Å². The summed E-state index contributed by atoms with van der Waals surface area (Å²) in [6, 6.07) is 7.64. The van der Waals surface area contributed by atoms with E-state index in [0.29, 0.717) is 5.56 Å². The van der Waals surface area contributed by atoms with Crippen LogP contribution in [0, 0.1) is 11.3 Å². The van der Waals surface area contributed by atoms with Crippen LogP contribution in [-0.4, -0.2) is 19.1 Å². The van der Waals surface area contributed by atoms with E-state index in [9.17, 15) is 0 Å². The standard InChI is InChI=1S/C13H11N5/c1-17-8-15-7-12(17)13-16-10-4-3-9(6-14)5-11(10)18(13)2/h3-5,7-8H,1-2H3. The van der Waals surface area contributed by atoms with Crippen molar-refractivity contribution in [2.45, 2.75) is 0 Å². The van der Waals surface area contributed by atoms with Gasteiger partial charge in [-0.25, -0.2) is 9.97 Å². The fraction of sp³-hybridized carbons (Fsp3) is 0.154. The molecule has 0 bridgehead atoms. The zero-order chi connectivity index (χ0) is 12.7. The second kappa shape index (κ2) is 3.70. The number of hydrogen-bond donors (Lipinski definition) is 0. The maximum absolute atomic E-state index is 8.93. The Morgan fingerprint density at radius 3 is 2.78 bits per heavy atom. The topological polar surface area (TPSA) is 59.4 Å². The van der Waals surface area contributed by atoms with Crippen LogP contribution in [0.25, 0.3) is 22.6 Å². The summed E-state index contributed by atoms with van der Waals surface area (Å²) in [5, 5.41) is 8.93. The molecule has 2 heterocycles. The van der Waals surface area contributed by atoms with Crippen molar-refractivity contribution in [1.29, 1.82) is 5.26 Å². The molecule has 18 heavy (non-hydrogen) atoms. The molecule has 0 fully saturated rings. The molecule has 0 atom stereocenters. The molecule has 5 nitrogen and oxygen atoms in total. The summed E-state index contributed by atoms with van der Waals surface area (Å²) >= 11 is 0. The monoisotopic (exact) mass is 237 g/mol. The highest BCUT2D eigenvalue weighted by molar-refractivity contribution is 5.81. The van der Waals surface area contributed by atoms with Crippen LogP contribution in [0.2, 0.25) is 0 Å². The van der Waals surface area contributed by atoms with Crippen molar-refractivity contribution >= 4 is 11.0 Å². The van der Waals surface area contributed by atoms with E-state index in [2.05, 4.69) is 16.0 Å². The third-order valence-corrected chi connectivity index (χ3v) is 3.06. The summed E-state index contributed by atoms with van der Waals surface area (Å²) in [6.07, 6.45) is 3.53. The summed E-state index contributed by atoms with van der Waals surface area (Å²) in [5.74, 6) is 0.847. The Bertz CT molecular complexity index is 772. The highest BCUT2D eigenvalue weighted by Crippen LogP contribution is 2.23. The number of hydrogen-bond acceptors (Lipinski definition) is 3. The molecule has 2 aromatic heterocycles. The highest BCUT2D eigenvalue weighted by atomic mass is 15.1. The number of imidazole rings is 2. The molecule has 0 saturated heterocycles. The molecule has 3 rings (SSSR count). The van der Waals surface area contributed by atoms with Gasteiger partial charge < -0.3 is 9.13 Å². The zero-order valence-electron chi connectivity index (χ0n) is 10.1. The Balaban J connectivity index is 2.30. The van der Waals surface area contributed by atoms with Crippen LogP contribution in [0.4, 0.5) is 0 Å². The van der Waals surface area contributed by atoms with Crippen molar-refractivity contribution in [3.8, 4) is 17.6 Å². The van der Waals surface area contributed by atoms with E-state index in [1.165, 1.54) is 0 Å². The van der Waals surface area contributed by atoms with Crippen molar-refractivity contribution in [3.05, 3.63) is 36.3 Å². The molecule has 0 aliphatic heterocycles. The number of nitriles is 1. The van der Waals surface area contributed by atoms with Gasteiger partial charge in [-0.05, 0) is 18.2 Å². The normalized spacial score (nSPS) is 10.7. The van der Waals surface area contributed by atoms with Crippen molar-refractivity contribution in [1.82, 2.24) is 19.1 Å². The van der Waals surface area contributed by atoms with Crippen LogP contribution in [-0.2, 0) is 14.1 Å². The summed E-state index contributed by atoms with van der Waals surface area (Å²) < 4.78 is 3.90. The first-order valence-electron chi connectivity index (χ1n) is 5.54. The Labute approximate surface area is 104 Å². The number of fused-ring (bicyclic) bond motifs is 1. The van der Waals surface area contributed by atoms with Crippen LogP contribution in [0.15, 0.2) is 30.7 Å². The molecule has 0 spiro atoms. The number of aryl methyl sites for hydroxylation is 2. The lowest BCUT2D eigenvalue weighted by molar-refractivity contribution is 0.881. The van der Waals surface area contributed by atoms with Gasteiger partial charge in [0.2, 0.25) is 0 Å². The van der Waals surface area contributed by atoms with Crippen molar-refractivity contribution < 1.29 is 0 Å². The average Bonchev–Trinajstić information content (AvgIpc) is 2.93. The molecule has 5 heteroatoms. The fourth-order valence-electron chi connectivity index (χ4n) is 2.06. The Morgan fingerprint density at radius 2 is 2.11 bits per heavy atom. The Kier molecular flexibility index (Phi) is 2.17. The minimum absolute atomic E-state index is 0.641. The molecule has 0 aliphatic rings. The lowest BCUT2D eigenvalue weighted by Crippen LogP contribution is -1.97. The fourth-order valence-corrected chi connectivity index (χ4v) is 2.06. The molecule has 0 amide bonds. The van der Waals surface area contributed by atoms with Crippen LogP contribution in [0.1, 0.15) is 5.56 Å². The SMILES string of the molecule is Cn1cncc1-c1nc2ccc(C#N)cc2n1C. The number of nitrogens with zero attached hydrogens (tertiary/aromatic N) is 5. The summed E-state index contributed by atoms with van der Waals surface area (Å²) in [5.41, 5.74) is 3.42. The van der Waals surface area contributed by atoms with Gasteiger partial charge in [0.05, 0.1) is 35.2 Å². The van der Waals surface area contributed by atoms with Crippen molar-refractivity contribution in [2.24, 2.45) is 14.1 Å². The second-order valence-corrected chi connectivity index (χ2v) is 4.20. The smallest absolute Gasteiger partial charge is 0.159 e. The van der Waals surface area contributed by atoms with Crippen LogP contribution >= 0.6 is 0 Å². The largest absolute Gasteiger partial charge is 0.331 e. The van der Waals surface area contributed by atoms with Crippen molar-refractivity contribution in [2.75, 3.05) is 0 Å². The van der Waals surface area contributed by atoms with Gasteiger partial charge in [-0.2, -0.15) is 5.26 Å². The van der Waals surface area contributed by atoms with Gasteiger partial charge in [-0.15, -0.1) is 0 Å². The molecule has 0 radical (unpaired) electrons. The van der Waals surface area contributed by atoms with E-state index in [0.717, 1.165) is 22.6 Å². The van der Waals surface area contributed by atoms with E-state index < -0.39 is 0 Å². The zero-order valence-corrected chi connectivity index (χ0v) is 10.1. The van der Waals surface area contributed by atoms with Gasteiger partial charge in [-0.3, -0.25) is 0 Å². The molecule has 3 aromatic rings. The molecule has 88 valence electrons. The molecule has 0 unspecified atom stereocenters. The van der Waals surface area contributed by atoms with Gasteiger partial charge in [0, 0.05) is 14.1 Å². The van der Waals surface area contributed by atoms with Crippen LogP contribution in [0.3, 0.4) is 0 Å². The maximum Gasteiger partial charge on any atom is 0.159 e. The maximum atomic E-state index is 8.93. The summed E-state index contributed by atoms with van der Waals surface area (Å²) in [6.45, 7) is 0. The lowest BCUT2D eigenvalue weighted by atomic mass is 10.2. The second-order valence-electron chi connectivity index (χ2n) is 4.20. The van der Waals surface area contributed by atoms with E-state index in [-0.39, 0.29) is 0 Å². The van der Waals surface area contributed by atoms with Crippen LogP contribution < -0.4 is 0 Å². The van der Waals surface area contributed by atoms with Crippen LogP contribution in [0.5, 0.6) is 0 Å². The average molecular weight is 237 g/mol. The first kappa shape index (κ1) is 10.5. The molecule has 0 saturated carbocycles. The van der Waals surface area contributed by atoms with Gasteiger partial charge in [-0.1, -0.05) is 0 Å². The molecular weight excluding hydrogens is 226 g/mol. The third kappa shape index (κ3) is 1.39. The highest BCUT2D eigenvalue weighted by Gasteiger charge is 2.12. The van der Waals surface area contributed by atoms with E-state index in [1.807, 2.05) is 35.4 Å². The van der Waals surface area contributed by atoms with Gasteiger partial charge in [0.25, 0.3) is 0 Å². The minimum Gasteiger partial charge on any atom is -0.331 e.